The third-order valence-corrected chi connectivity index (χ3v) is 5.40. The van der Waals surface area contributed by atoms with Crippen molar-refractivity contribution in [3.63, 3.8) is 0 Å². The second-order valence-electron chi connectivity index (χ2n) is 6.82. The number of hydrogen-bond donors (Lipinski definition) is 0. The Balaban J connectivity index is 5.36. The van der Waals surface area contributed by atoms with E-state index < -0.39 is 65.4 Å². The van der Waals surface area contributed by atoms with Crippen LogP contribution in [-0.4, -0.2) is 46.1 Å². The molecule has 0 aromatic heterocycles. The molecule has 182 valence electrons. The Labute approximate surface area is 178 Å². The first-order valence-electron chi connectivity index (χ1n) is 8.75. The number of halogens is 14. The lowest BCUT2D eigenvalue weighted by Gasteiger charge is -2.39. The number of hydrogen-bond acceptors (Lipinski definition) is 0. The molecular formula is C16H20F13I. The minimum absolute atomic E-state index is 0.0384. The molecule has 0 aliphatic rings. The van der Waals surface area contributed by atoms with E-state index in [0.717, 1.165) is 29.0 Å². The summed E-state index contributed by atoms with van der Waals surface area (Å²) in [6.07, 6.45) is -8.21. The molecule has 0 fully saturated rings. The molecule has 0 aliphatic carbocycles. The summed E-state index contributed by atoms with van der Waals surface area (Å²) in [4.78, 5) is 0. The molecule has 0 radical (unpaired) electrons. The number of alkyl halides is 14. The standard InChI is InChI=1S/C16H20F13I/c1-2-3-4-5-9(17)6-7-10(30)8-12(20,21)14(24,25)16(28,29)15(26,27)13(22,23)11(18)19/h9-11H,2-8H2,1H3. The van der Waals surface area contributed by atoms with Crippen LogP contribution in [0.5, 0.6) is 0 Å². The van der Waals surface area contributed by atoms with Crippen LogP contribution in [0.1, 0.15) is 51.9 Å². The lowest BCUT2D eigenvalue weighted by Crippen LogP contribution is -2.68. The summed E-state index contributed by atoms with van der Waals surface area (Å²) in [5.41, 5.74) is 0. The first-order valence-corrected chi connectivity index (χ1v) is 9.99. The van der Waals surface area contributed by atoms with E-state index in [-0.39, 0.29) is 6.42 Å². The Morgan fingerprint density at radius 1 is 0.667 bits per heavy atom. The van der Waals surface area contributed by atoms with Gasteiger partial charge in [-0.15, -0.1) is 0 Å². The van der Waals surface area contributed by atoms with Gasteiger partial charge in [0, 0.05) is 10.3 Å². The van der Waals surface area contributed by atoms with Crippen molar-refractivity contribution >= 4 is 22.6 Å². The van der Waals surface area contributed by atoms with Crippen LogP contribution < -0.4 is 0 Å². The van der Waals surface area contributed by atoms with Gasteiger partial charge in [0.05, 0.1) is 0 Å². The normalized spacial score (nSPS) is 16.8. The van der Waals surface area contributed by atoms with Crippen LogP contribution >= 0.6 is 22.6 Å². The Hall–Kier alpha value is -0.180. The zero-order valence-electron chi connectivity index (χ0n) is 15.5. The summed E-state index contributed by atoms with van der Waals surface area (Å²) in [5, 5.41) is 0. The maximum atomic E-state index is 13.7. The van der Waals surface area contributed by atoms with E-state index in [9.17, 15) is 57.1 Å². The third-order valence-electron chi connectivity index (χ3n) is 4.33. The molecule has 30 heavy (non-hydrogen) atoms. The average molecular weight is 586 g/mol. The SMILES string of the molecule is CCCCCC(F)CCC(I)CC(F)(F)C(F)(F)C(F)(F)C(F)(F)C(F)(F)C(F)F. The van der Waals surface area contributed by atoms with Gasteiger partial charge < -0.3 is 0 Å². The predicted octanol–water partition coefficient (Wildman–Crippen LogP) is 8.32. The highest BCUT2D eigenvalue weighted by Gasteiger charge is 2.87. The van der Waals surface area contributed by atoms with Crippen LogP contribution in [0.3, 0.4) is 0 Å². The molecular weight excluding hydrogens is 566 g/mol. The van der Waals surface area contributed by atoms with Crippen LogP contribution in [0.25, 0.3) is 0 Å². The van der Waals surface area contributed by atoms with Gasteiger partial charge in [-0.25, -0.2) is 13.2 Å². The van der Waals surface area contributed by atoms with E-state index in [4.69, 9.17) is 0 Å². The molecule has 0 rings (SSSR count). The van der Waals surface area contributed by atoms with Crippen LogP contribution in [0.15, 0.2) is 0 Å². The van der Waals surface area contributed by atoms with Gasteiger partial charge in [0.15, 0.2) is 0 Å². The van der Waals surface area contributed by atoms with E-state index >= 15 is 0 Å². The molecule has 14 heteroatoms. The Kier molecular flexibility index (Phi) is 10.6. The van der Waals surface area contributed by atoms with Gasteiger partial charge in [0.25, 0.3) is 0 Å². The van der Waals surface area contributed by atoms with Crippen LogP contribution in [0.2, 0.25) is 0 Å². The maximum absolute atomic E-state index is 13.7. The van der Waals surface area contributed by atoms with E-state index in [1.54, 1.807) is 0 Å². The minimum atomic E-state index is -7.51. The van der Waals surface area contributed by atoms with Gasteiger partial charge in [-0.1, -0.05) is 48.8 Å². The molecule has 0 amide bonds. The Bertz CT molecular complexity index is 521. The van der Waals surface area contributed by atoms with Crippen LogP contribution in [0, 0.1) is 0 Å². The van der Waals surface area contributed by atoms with Gasteiger partial charge in [-0.05, 0) is 19.3 Å². The largest absolute Gasteiger partial charge is 0.384 e. The number of unbranched alkanes of at least 4 members (excludes halogenated alkanes) is 2. The van der Waals surface area contributed by atoms with Crippen molar-refractivity contribution in [3.8, 4) is 0 Å². The Morgan fingerprint density at radius 3 is 1.60 bits per heavy atom. The van der Waals surface area contributed by atoms with Crippen molar-refractivity contribution in [3.05, 3.63) is 0 Å². The zero-order chi connectivity index (χ0) is 24.2. The van der Waals surface area contributed by atoms with Gasteiger partial charge in [0.1, 0.15) is 6.17 Å². The van der Waals surface area contributed by atoms with Crippen molar-refractivity contribution < 1.29 is 57.1 Å². The first kappa shape index (κ1) is 29.8. The third kappa shape index (κ3) is 6.20. The lowest BCUT2D eigenvalue weighted by atomic mass is 9.91. The molecule has 0 aromatic rings. The molecule has 0 aromatic carbocycles. The molecule has 0 spiro atoms. The maximum Gasteiger partial charge on any atom is 0.384 e. The Morgan fingerprint density at radius 2 is 1.17 bits per heavy atom. The molecule has 2 unspecified atom stereocenters. The fourth-order valence-electron chi connectivity index (χ4n) is 2.40. The van der Waals surface area contributed by atoms with Crippen molar-refractivity contribution in [2.45, 2.75) is 98.0 Å². The molecule has 0 N–H and O–H groups in total. The van der Waals surface area contributed by atoms with Crippen LogP contribution in [-0.2, 0) is 0 Å². The fourth-order valence-corrected chi connectivity index (χ4v) is 3.32. The summed E-state index contributed by atoms with van der Waals surface area (Å²) < 4.78 is 169. The van der Waals surface area contributed by atoms with Gasteiger partial charge >= 0.3 is 36.0 Å². The average Bonchev–Trinajstić information content (AvgIpc) is 2.58. The van der Waals surface area contributed by atoms with Gasteiger partial charge in [0.2, 0.25) is 0 Å². The van der Waals surface area contributed by atoms with Crippen molar-refractivity contribution in [2.75, 3.05) is 0 Å². The fraction of sp³-hybridized carbons (Fsp3) is 1.00. The summed E-state index contributed by atoms with van der Waals surface area (Å²) in [7, 11) is 0. The predicted molar refractivity (Wildman–Crippen MR) is 91.4 cm³/mol. The van der Waals surface area contributed by atoms with Crippen molar-refractivity contribution in [1.29, 1.82) is 0 Å². The second kappa shape index (κ2) is 10.6. The first-order chi connectivity index (χ1) is 13.3. The molecule has 0 saturated heterocycles. The van der Waals surface area contributed by atoms with Gasteiger partial charge in [-0.3, -0.25) is 0 Å². The molecule has 0 bridgehead atoms. The lowest BCUT2D eigenvalue weighted by molar-refractivity contribution is -0.413. The summed E-state index contributed by atoms with van der Waals surface area (Å²) in [5.74, 6) is -35.1. The highest BCUT2D eigenvalue weighted by Crippen LogP contribution is 2.59. The summed E-state index contributed by atoms with van der Waals surface area (Å²) in [6, 6.07) is 0. The molecule has 2 atom stereocenters. The topological polar surface area (TPSA) is 0 Å². The molecule has 0 aliphatic heterocycles. The highest BCUT2D eigenvalue weighted by molar-refractivity contribution is 14.1. The molecule has 0 heterocycles. The number of rotatable bonds is 14. The van der Waals surface area contributed by atoms with E-state index in [1.807, 2.05) is 6.92 Å². The van der Waals surface area contributed by atoms with E-state index in [2.05, 4.69) is 0 Å². The second-order valence-corrected chi connectivity index (χ2v) is 8.58. The summed E-state index contributed by atoms with van der Waals surface area (Å²) >= 11 is 1.08. The van der Waals surface area contributed by atoms with Crippen molar-refractivity contribution in [2.24, 2.45) is 0 Å². The smallest absolute Gasteiger partial charge is 0.247 e. The van der Waals surface area contributed by atoms with Gasteiger partial charge in [-0.2, -0.15) is 43.9 Å². The quantitative estimate of drug-likeness (QED) is 0.0832. The molecule has 0 nitrogen and oxygen atoms in total. The van der Waals surface area contributed by atoms with Crippen LogP contribution in [0.4, 0.5) is 57.1 Å². The minimum Gasteiger partial charge on any atom is -0.247 e. The highest BCUT2D eigenvalue weighted by atomic mass is 127. The van der Waals surface area contributed by atoms with E-state index in [1.165, 1.54) is 0 Å². The van der Waals surface area contributed by atoms with E-state index in [0.29, 0.717) is 12.8 Å². The molecule has 0 saturated carbocycles. The van der Waals surface area contributed by atoms with Crippen molar-refractivity contribution in [1.82, 2.24) is 0 Å². The summed E-state index contributed by atoms with van der Waals surface area (Å²) in [6.45, 7) is 1.83. The monoisotopic (exact) mass is 586 g/mol. The zero-order valence-corrected chi connectivity index (χ0v) is 17.6.